The molecule has 1 rings (SSSR count). The van der Waals surface area contributed by atoms with Gasteiger partial charge in [0, 0.05) is 20.1 Å². The second-order valence-corrected chi connectivity index (χ2v) is 3.52. The molecule has 0 aromatic carbocycles. The lowest BCUT2D eigenvalue weighted by molar-refractivity contribution is 0.0638. The summed E-state index contributed by atoms with van der Waals surface area (Å²) in [7, 11) is 3.07. The van der Waals surface area contributed by atoms with E-state index in [2.05, 4.69) is 15.0 Å². The van der Waals surface area contributed by atoms with Crippen molar-refractivity contribution >= 4 is 11.6 Å². The molecule has 0 radical (unpaired) electrons. The molecule has 1 aromatic heterocycles. The average molecular weight is 278 g/mol. The Morgan fingerprint density at radius 3 is 2.44 bits per heavy atom. The largest absolute Gasteiger partial charge is 0.467 e. The van der Waals surface area contributed by atoms with Gasteiger partial charge >= 0.3 is 12.0 Å². The van der Waals surface area contributed by atoms with Crippen molar-refractivity contribution in [3.05, 3.63) is 5.28 Å². The summed E-state index contributed by atoms with van der Waals surface area (Å²) in [6.45, 7) is 2.17. The fraction of sp³-hybridized carbons (Fsp3) is 0.700. The second-order valence-electron chi connectivity index (χ2n) is 3.18. The van der Waals surface area contributed by atoms with E-state index in [1.165, 1.54) is 7.11 Å². The van der Waals surface area contributed by atoms with Crippen LogP contribution in [0.25, 0.3) is 0 Å². The first-order valence-corrected chi connectivity index (χ1v) is 5.79. The standard InChI is InChI=1S/C10H16ClN3O4/c1-15-6-7-17-4-3-5-18-10-13-8(11)12-9(14-10)16-2/h3-7H2,1-2H3. The Bertz CT molecular complexity index is 354. The van der Waals surface area contributed by atoms with Crippen LogP contribution in [0.1, 0.15) is 6.42 Å². The molecule has 0 spiro atoms. The number of aromatic nitrogens is 3. The van der Waals surface area contributed by atoms with Crippen molar-refractivity contribution < 1.29 is 18.9 Å². The van der Waals surface area contributed by atoms with Gasteiger partial charge in [0.05, 0.1) is 26.9 Å². The van der Waals surface area contributed by atoms with Gasteiger partial charge in [0.15, 0.2) is 0 Å². The number of rotatable bonds is 9. The Morgan fingerprint density at radius 1 is 0.944 bits per heavy atom. The highest BCUT2D eigenvalue weighted by Gasteiger charge is 2.05. The molecule has 18 heavy (non-hydrogen) atoms. The number of methoxy groups -OCH3 is 2. The molecule has 0 saturated heterocycles. The minimum atomic E-state index is 0.0354. The smallest absolute Gasteiger partial charge is 0.323 e. The Morgan fingerprint density at radius 2 is 1.72 bits per heavy atom. The molecule has 0 atom stereocenters. The average Bonchev–Trinajstić information content (AvgIpc) is 2.37. The molecule has 0 bridgehead atoms. The van der Waals surface area contributed by atoms with Crippen molar-refractivity contribution in [1.82, 2.24) is 15.0 Å². The fourth-order valence-electron chi connectivity index (χ4n) is 1.04. The van der Waals surface area contributed by atoms with Gasteiger partial charge < -0.3 is 18.9 Å². The van der Waals surface area contributed by atoms with Gasteiger partial charge in [0.1, 0.15) is 0 Å². The molecule has 102 valence electrons. The van der Waals surface area contributed by atoms with Crippen molar-refractivity contribution in [3.8, 4) is 12.0 Å². The third-order valence-corrected chi connectivity index (χ3v) is 2.01. The molecule has 0 aliphatic heterocycles. The summed E-state index contributed by atoms with van der Waals surface area (Å²) in [5.74, 6) is 0. The van der Waals surface area contributed by atoms with E-state index in [0.717, 1.165) is 6.42 Å². The second kappa shape index (κ2) is 8.84. The molecule has 0 saturated carbocycles. The summed E-state index contributed by atoms with van der Waals surface area (Å²) in [6.07, 6.45) is 0.718. The first-order valence-electron chi connectivity index (χ1n) is 5.41. The zero-order valence-corrected chi connectivity index (χ0v) is 11.1. The third-order valence-electron chi connectivity index (χ3n) is 1.85. The molecule has 0 unspecified atom stereocenters. The van der Waals surface area contributed by atoms with Crippen LogP contribution in [-0.4, -0.2) is 55.6 Å². The minimum absolute atomic E-state index is 0.0354. The topological polar surface area (TPSA) is 75.6 Å². The summed E-state index contributed by atoms with van der Waals surface area (Å²) in [5.41, 5.74) is 0. The van der Waals surface area contributed by atoms with Crippen LogP contribution in [0.4, 0.5) is 0 Å². The molecule has 0 aliphatic rings. The quantitative estimate of drug-likeness (QED) is 0.622. The van der Waals surface area contributed by atoms with Crippen LogP contribution in [0.5, 0.6) is 12.0 Å². The third kappa shape index (κ3) is 5.95. The maximum absolute atomic E-state index is 5.67. The molecule has 7 nitrogen and oxygen atoms in total. The monoisotopic (exact) mass is 277 g/mol. The van der Waals surface area contributed by atoms with Crippen LogP contribution in [0.2, 0.25) is 5.28 Å². The van der Waals surface area contributed by atoms with Gasteiger partial charge in [-0.05, 0) is 11.6 Å². The highest BCUT2D eigenvalue weighted by molar-refractivity contribution is 6.28. The van der Waals surface area contributed by atoms with E-state index < -0.39 is 0 Å². The summed E-state index contributed by atoms with van der Waals surface area (Å²) < 4.78 is 20.3. The SMILES string of the molecule is COCCOCCCOc1nc(Cl)nc(OC)n1. The van der Waals surface area contributed by atoms with Crippen LogP contribution < -0.4 is 9.47 Å². The molecule has 0 amide bonds. The van der Waals surface area contributed by atoms with Gasteiger partial charge in [-0.1, -0.05) is 0 Å². The first kappa shape index (κ1) is 14.9. The molecule has 0 N–H and O–H groups in total. The fourth-order valence-corrected chi connectivity index (χ4v) is 1.18. The van der Waals surface area contributed by atoms with Crippen molar-refractivity contribution in [2.45, 2.75) is 6.42 Å². The van der Waals surface area contributed by atoms with Gasteiger partial charge in [-0.15, -0.1) is 4.98 Å². The van der Waals surface area contributed by atoms with Crippen LogP contribution in [-0.2, 0) is 9.47 Å². The van der Waals surface area contributed by atoms with E-state index >= 15 is 0 Å². The van der Waals surface area contributed by atoms with Crippen LogP contribution >= 0.6 is 11.6 Å². The predicted molar refractivity (Wildman–Crippen MR) is 64.2 cm³/mol. The van der Waals surface area contributed by atoms with Crippen LogP contribution in [0.3, 0.4) is 0 Å². The van der Waals surface area contributed by atoms with E-state index in [0.29, 0.717) is 26.4 Å². The van der Waals surface area contributed by atoms with Gasteiger partial charge in [-0.2, -0.15) is 9.97 Å². The molecule has 0 aliphatic carbocycles. The van der Waals surface area contributed by atoms with Crippen molar-refractivity contribution in [2.24, 2.45) is 0 Å². The summed E-state index contributed by atoms with van der Waals surface area (Å²) in [5, 5.41) is 0.0354. The van der Waals surface area contributed by atoms with Crippen molar-refractivity contribution in [2.75, 3.05) is 40.6 Å². The lowest BCUT2D eigenvalue weighted by Crippen LogP contribution is -2.08. The van der Waals surface area contributed by atoms with Gasteiger partial charge in [-0.3, -0.25) is 0 Å². The molecule has 1 heterocycles. The van der Waals surface area contributed by atoms with Crippen LogP contribution in [0.15, 0.2) is 0 Å². The number of ether oxygens (including phenoxy) is 4. The van der Waals surface area contributed by atoms with Gasteiger partial charge in [0.2, 0.25) is 5.28 Å². The number of hydrogen-bond acceptors (Lipinski definition) is 7. The Balaban J connectivity index is 2.20. The highest BCUT2D eigenvalue weighted by atomic mass is 35.5. The lowest BCUT2D eigenvalue weighted by atomic mass is 10.5. The molecule has 8 heteroatoms. The van der Waals surface area contributed by atoms with E-state index in [1.54, 1.807) is 7.11 Å². The van der Waals surface area contributed by atoms with Crippen molar-refractivity contribution in [1.29, 1.82) is 0 Å². The molecular weight excluding hydrogens is 262 g/mol. The zero-order chi connectivity index (χ0) is 13.2. The number of hydrogen-bond donors (Lipinski definition) is 0. The van der Waals surface area contributed by atoms with E-state index in [9.17, 15) is 0 Å². The summed E-state index contributed by atoms with van der Waals surface area (Å²) >= 11 is 5.67. The molecule has 0 fully saturated rings. The Hall–Kier alpha value is -1.18. The van der Waals surface area contributed by atoms with E-state index in [-0.39, 0.29) is 17.3 Å². The number of halogens is 1. The maximum atomic E-state index is 5.67. The van der Waals surface area contributed by atoms with Gasteiger partial charge in [0.25, 0.3) is 0 Å². The normalized spacial score (nSPS) is 10.4. The first-order chi connectivity index (χ1) is 8.76. The van der Waals surface area contributed by atoms with E-state index in [1.807, 2.05) is 0 Å². The minimum Gasteiger partial charge on any atom is -0.467 e. The predicted octanol–water partition coefficient (Wildman–Crippen LogP) is 0.966. The van der Waals surface area contributed by atoms with E-state index in [4.69, 9.17) is 30.5 Å². The summed E-state index contributed by atoms with van der Waals surface area (Å²) in [6, 6.07) is 0.269. The molecular formula is C10H16ClN3O4. The number of nitrogens with zero attached hydrogens (tertiary/aromatic N) is 3. The maximum Gasteiger partial charge on any atom is 0.323 e. The Kier molecular flexibility index (Phi) is 7.31. The lowest BCUT2D eigenvalue weighted by Gasteiger charge is -2.06. The zero-order valence-electron chi connectivity index (χ0n) is 10.4. The Labute approximate surface area is 110 Å². The van der Waals surface area contributed by atoms with Gasteiger partial charge in [-0.25, -0.2) is 0 Å². The summed E-state index contributed by atoms with van der Waals surface area (Å²) in [4.78, 5) is 11.4. The van der Waals surface area contributed by atoms with Crippen LogP contribution in [0, 0.1) is 0 Å². The highest BCUT2D eigenvalue weighted by Crippen LogP contribution is 2.12. The molecule has 1 aromatic rings. The van der Waals surface area contributed by atoms with Crippen molar-refractivity contribution in [3.63, 3.8) is 0 Å².